The monoisotopic (exact) mass is 311 g/mol. The molecule has 0 spiro atoms. The van der Waals surface area contributed by atoms with Crippen molar-refractivity contribution < 1.29 is 4.79 Å². The first-order valence-electron chi connectivity index (χ1n) is 6.55. The summed E-state index contributed by atoms with van der Waals surface area (Å²) in [5.74, 6) is 0.752. The van der Waals surface area contributed by atoms with Crippen molar-refractivity contribution in [1.29, 1.82) is 0 Å². The van der Waals surface area contributed by atoms with Crippen LogP contribution in [-0.2, 0) is 0 Å². The molecule has 0 aliphatic heterocycles. The second-order valence-electron chi connectivity index (χ2n) is 5.13. The zero-order valence-corrected chi connectivity index (χ0v) is 13.0. The minimum absolute atomic E-state index is 0.00937. The van der Waals surface area contributed by atoms with Crippen LogP contribution in [0.3, 0.4) is 0 Å². The lowest BCUT2D eigenvalue weighted by Gasteiger charge is -2.08. The highest BCUT2D eigenvalue weighted by Gasteiger charge is 2.09. The van der Waals surface area contributed by atoms with Crippen molar-refractivity contribution in [2.45, 2.75) is 40.0 Å². The van der Waals surface area contributed by atoms with Gasteiger partial charge >= 0.3 is 0 Å². The van der Waals surface area contributed by atoms with Gasteiger partial charge in [0.25, 0.3) is 5.91 Å². The molecule has 0 aliphatic carbocycles. The third-order valence-electron chi connectivity index (χ3n) is 2.86. The molecule has 0 saturated heterocycles. The van der Waals surface area contributed by atoms with Crippen LogP contribution in [0.15, 0.2) is 22.7 Å². The van der Waals surface area contributed by atoms with Crippen molar-refractivity contribution in [3.8, 4) is 0 Å². The highest BCUT2D eigenvalue weighted by atomic mass is 79.9. The van der Waals surface area contributed by atoms with Crippen molar-refractivity contribution in [3.63, 3.8) is 0 Å². The predicted molar refractivity (Wildman–Crippen MR) is 79.9 cm³/mol. The van der Waals surface area contributed by atoms with Crippen molar-refractivity contribution in [2.75, 3.05) is 6.54 Å². The maximum atomic E-state index is 12.0. The van der Waals surface area contributed by atoms with E-state index in [2.05, 4.69) is 35.1 Å². The minimum atomic E-state index is 0.00937. The van der Waals surface area contributed by atoms with E-state index in [4.69, 9.17) is 0 Å². The summed E-state index contributed by atoms with van der Waals surface area (Å²) in [4.78, 5) is 12.0. The van der Waals surface area contributed by atoms with Crippen LogP contribution < -0.4 is 5.32 Å². The van der Waals surface area contributed by atoms with Crippen molar-refractivity contribution in [1.82, 2.24) is 5.32 Å². The zero-order valence-electron chi connectivity index (χ0n) is 11.4. The van der Waals surface area contributed by atoms with Gasteiger partial charge in [0.15, 0.2) is 0 Å². The molecule has 0 radical (unpaired) electrons. The fraction of sp³-hybridized carbons (Fsp3) is 0.533. The number of carbonyl (C=O) groups excluding carboxylic acids is 1. The minimum Gasteiger partial charge on any atom is -0.352 e. The summed E-state index contributed by atoms with van der Waals surface area (Å²) >= 11 is 3.41. The smallest absolute Gasteiger partial charge is 0.252 e. The number of nitrogens with one attached hydrogen (secondary N) is 1. The van der Waals surface area contributed by atoms with Gasteiger partial charge in [-0.15, -0.1) is 0 Å². The lowest BCUT2D eigenvalue weighted by molar-refractivity contribution is 0.0952. The van der Waals surface area contributed by atoms with Gasteiger partial charge in [-0.05, 0) is 47.3 Å². The molecule has 0 aliphatic rings. The summed E-state index contributed by atoms with van der Waals surface area (Å²) < 4.78 is 0.854. The third kappa shape index (κ3) is 5.21. The largest absolute Gasteiger partial charge is 0.352 e. The fourth-order valence-corrected chi connectivity index (χ4v) is 2.21. The topological polar surface area (TPSA) is 29.1 Å². The maximum absolute atomic E-state index is 12.0. The van der Waals surface area contributed by atoms with Crippen LogP contribution >= 0.6 is 15.9 Å². The molecule has 1 aromatic rings. The summed E-state index contributed by atoms with van der Waals surface area (Å²) in [7, 11) is 0. The van der Waals surface area contributed by atoms with E-state index in [0.717, 1.165) is 34.5 Å². The fourth-order valence-electron chi connectivity index (χ4n) is 1.79. The van der Waals surface area contributed by atoms with Gasteiger partial charge in [0.1, 0.15) is 0 Å². The Hall–Kier alpha value is -0.830. The molecule has 0 heterocycles. The Labute approximate surface area is 118 Å². The molecule has 18 heavy (non-hydrogen) atoms. The van der Waals surface area contributed by atoms with Gasteiger partial charge < -0.3 is 5.32 Å². The average Bonchev–Trinajstić information content (AvgIpc) is 2.31. The first-order chi connectivity index (χ1) is 8.50. The van der Waals surface area contributed by atoms with E-state index in [-0.39, 0.29) is 5.91 Å². The van der Waals surface area contributed by atoms with Gasteiger partial charge in [0.05, 0.1) is 5.56 Å². The van der Waals surface area contributed by atoms with Crippen molar-refractivity contribution in [2.24, 2.45) is 5.92 Å². The SMILES string of the molecule is Cc1ccc(Br)c(C(=O)NCCCCC(C)C)c1. The van der Waals surface area contributed by atoms with E-state index in [0.29, 0.717) is 0 Å². The molecule has 0 bridgehead atoms. The zero-order chi connectivity index (χ0) is 13.5. The number of benzene rings is 1. The van der Waals surface area contributed by atoms with Gasteiger partial charge in [0.2, 0.25) is 0 Å². The first kappa shape index (κ1) is 15.2. The third-order valence-corrected chi connectivity index (χ3v) is 3.55. The number of rotatable bonds is 6. The van der Waals surface area contributed by atoms with Crippen LogP contribution in [0.25, 0.3) is 0 Å². The van der Waals surface area contributed by atoms with Crippen molar-refractivity contribution in [3.05, 3.63) is 33.8 Å². The summed E-state index contributed by atoms with van der Waals surface area (Å²) in [5.41, 5.74) is 1.82. The number of aryl methyl sites for hydroxylation is 1. The van der Waals surface area contributed by atoms with E-state index in [1.807, 2.05) is 25.1 Å². The van der Waals surface area contributed by atoms with Gasteiger partial charge in [-0.2, -0.15) is 0 Å². The molecule has 1 rings (SSSR count). The molecule has 0 atom stereocenters. The summed E-state index contributed by atoms with van der Waals surface area (Å²) in [6, 6.07) is 5.82. The van der Waals surface area contributed by atoms with Gasteiger partial charge in [-0.3, -0.25) is 4.79 Å². The number of hydrogen-bond donors (Lipinski definition) is 1. The van der Waals surface area contributed by atoms with Crippen LogP contribution in [0.5, 0.6) is 0 Å². The van der Waals surface area contributed by atoms with E-state index in [1.165, 1.54) is 12.8 Å². The Balaban J connectivity index is 2.39. The summed E-state index contributed by atoms with van der Waals surface area (Å²) in [6.45, 7) is 7.20. The van der Waals surface area contributed by atoms with Crippen LogP contribution in [0.4, 0.5) is 0 Å². The van der Waals surface area contributed by atoms with Crippen molar-refractivity contribution >= 4 is 21.8 Å². The number of hydrogen-bond acceptors (Lipinski definition) is 1. The van der Waals surface area contributed by atoms with E-state index >= 15 is 0 Å². The molecule has 100 valence electrons. The van der Waals surface area contributed by atoms with Gasteiger partial charge in [-0.25, -0.2) is 0 Å². The quantitative estimate of drug-likeness (QED) is 0.779. The number of carbonyl (C=O) groups is 1. The molecule has 0 aromatic heterocycles. The number of unbranched alkanes of at least 4 members (excludes halogenated alkanes) is 1. The molecular formula is C15H22BrNO. The van der Waals surface area contributed by atoms with Gasteiger partial charge in [-0.1, -0.05) is 38.3 Å². The van der Waals surface area contributed by atoms with E-state index in [1.54, 1.807) is 0 Å². The Bertz CT molecular complexity index is 401. The van der Waals surface area contributed by atoms with Gasteiger partial charge in [0, 0.05) is 11.0 Å². The Morgan fingerprint density at radius 1 is 1.33 bits per heavy atom. The van der Waals surface area contributed by atoms with Crippen LogP contribution in [0.1, 0.15) is 49.0 Å². The van der Waals surface area contributed by atoms with E-state index in [9.17, 15) is 4.79 Å². The highest BCUT2D eigenvalue weighted by molar-refractivity contribution is 9.10. The lowest BCUT2D eigenvalue weighted by atomic mass is 10.1. The molecular weight excluding hydrogens is 290 g/mol. The molecule has 3 heteroatoms. The predicted octanol–water partition coefficient (Wildman–Crippen LogP) is 4.31. The summed E-state index contributed by atoms with van der Waals surface area (Å²) in [5, 5.41) is 2.97. The molecule has 0 fully saturated rings. The molecule has 1 aromatic carbocycles. The molecule has 0 unspecified atom stereocenters. The molecule has 1 N–H and O–H groups in total. The molecule has 1 amide bonds. The second kappa shape index (κ2) is 7.57. The number of amides is 1. The van der Waals surface area contributed by atoms with E-state index < -0.39 is 0 Å². The summed E-state index contributed by atoms with van der Waals surface area (Å²) in [6.07, 6.45) is 3.45. The lowest BCUT2D eigenvalue weighted by Crippen LogP contribution is -2.24. The average molecular weight is 312 g/mol. The van der Waals surface area contributed by atoms with Crippen LogP contribution in [0.2, 0.25) is 0 Å². The Morgan fingerprint density at radius 3 is 2.72 bits per heavy atom. The van der Waals surface area contributed by atoms with Crippen LogP contribution in [0, 0.1) is 12.8 Å². The Kier molecular flexibility index (Phi) is 6.41. The first-order valence-corrected chi connectivity index (χ1v) is 7.34. The maximum Gasteiger partial charge on any atom is 0.252 e. The molecule has 0 saturated carbocycles. The Morgan fingerprint density at radius 2 is 2.06 bits per heavy atom. The molecule has 2 nitrogen and oxygen atoms in total. The van der Waals surface area contributed by atoms with Crippen LogP contribution in [-0.4, -0.2) is 12.5 Å². The highest BCUT2D eigenvalue weighted by Crippen LogP contribution is 2.17. The standard InChI is InChI=1S/C15H22BrNO/c1-11(2)6-4-5-9-17-15(18)13-10-12(3)7-8-14(13)16/h7-8,10-11H,4-6,9H2,1-3H3,(H,17,18). The normalized spacial score (nSPS) is 10.7. The second-order valence-corrected chi connectivity index (χ2v) is 5.98. The number of halogens is 1.